The van der Waals surface area contributed by atoms with Crippen LogP contribution in [0.4, 0.5) is 5.82 Å². The van der Waals surface area contributed by atoms with Crippen LogP contribution in [0.15, 0.2) is 24.4 Å². The maximum Gasteiger partial charge on any atom is 0.241 e. The first-order valence-corrected chi connectivity index (χ1v) is 5.86. The largest absolute Gasteiger partial charge is 0.389 e. The summed E-state index contributed by atoms with van der Waals surface area (Å²) in [6.07, 6.45) is 5.20. The molecule has 0 bridgehead atoms. The van der Waals surface area contributed by atoms with Crippen molar-refractivity contribution in [2.24, 2.45) is 0 Å². The molecule has 0 radical (unpaired) electrons. The second kappa shape index (κ2) is 5.14. The molecule has 2 rings (SSSR count). The zero-order chi connectivity index (χ0) is 12.1. The lowest BCUT2D eigenvalue weighted by atomic mass is 9.98. The van der Waals surface area contributed by atoms with Gasteiger partial charge in [0.2, 0.25) is 5.91 Å². The molecule has 3 N–H and O–H groups in total. The summed E-state index contributed by atoms with van der Waals surface area (Å²) in [5.41, 5.74) is 4.44. The van der Waals surface area contributed by atoms with Crippen LogP contribution in [0.1, 0.15) is 32.1 Å². The van der Waals surface area contributed by atoms with Crippen molar-refractivity contribution >= 4 is 11.7 Å². The van der Waals surface area contributed by atoms with Crippen LogP contribution in [0.3, 0.4) is 0 Å². The van der Waals surface area contributed by atoms with Gasteiger partial charge in [-0.05, 0) is 25.0 Å². The average molecular weight is 235 g/mol. The molecule has 92 valence electrons. The number of amides is 1. The van der Waals surface area contributed by atoms with E-state index in [0.717, 1.165) is 12.8 Å². The van der Waals surface area contributed by atoms with Gasteiger partial charge < -0.3 is 5.11 Å². The summed E-state index contributed by atoms with van der Waals surface area (Å²) in [6, 6.07) is 5.38. The highest BCUT2D eigenvalue weighted by atomic mass is 16.3. The van der Waals surface area contributed by atoms with E-state index in [1.165, 1.54) is 0 Å². The number of pyridine rings is 1. The summed E-state index contributed by atoms with van der Waals surface area (Å²) in [5.74, 6) is 0.374. The molecule has 5 nitrogen and oxygen atoms in total. The molecule has 0 aromatic carbocycles. The number of carbonyl (C=O) groups is 1. The number of aromatic nitrogens is 1. The van der Waals surface area contributed by atoms with E-state index in [4.69, 9.17) is 0 Å². The lowest BCUT2D eigenvalue weighted by Gasteiger charge is -2.21. The van der Waals surface area contributed by atoms with E-state index in [-0.39, 0.29) is 12.3 Å². The van der Waals surface area contributed by atoms with E-state index in [2.05, 4.69) is 15.8 Å². The van der Waals surface area contributed by atoms with Gasteiger partial charge in [-0.15, -0.1) is 0 Å². The number of nitrogens with one attached hydrogen (secondary N) is 2. The molecule has 0 aliphatic heterocycles. The molecule has 1 amide bonds. The summed E-state index contributed by atoms with van der Waals surface area (Å²) in [7, 11) is 0. The lowest BCUT2D eigenvalue weighted by molar-refractivity contribution is -0.125. The Kier molecular flexibility index (Phi) is 3.58. The Morgan fingerprint density at radius 1 is 1.41 bits per heavy atom. The highest BCUT2D eigenvalue weighted by molar-refractivity contribution is 5.78. The second-order valence-corrected chi connectivity index (χ2v) is 4.50. The van der Waals surface area contributed by atoms with Gasteiger partial charge in [0.15, 0.2) is 0 Å². The van der Waals surface area contributed by atoms with Crippen molar-refractivity contribution in [3.8, 4) is 0 Å². The molecule has 0 atom stereocenters. The Hall–Kier alpha value is -1.62. The fraction of sp³-hybridized carbons (Fsp3) is 0.500. The van der Waals surface area contributed by atoms with Gasteiger partial charge in [-0.3, -0.25) is 15.6 Å². The number of aliphatic hydroxyl groups is 1. The van der Waals surface area contributed by atoms with Crippen LogP contribution in [0, 0.1) is 0 Å². The molecular weight excluding hydrogens is 218 g/mol. The van der Waals surface area contributed by atoms with Crippen molar-refractivity contribution < 1.29 is 9.90 Å². The van der Waals surface area contributed by atoms with Gasteiger partial charge in [0, 0.05) is 6.20 Å². The Morgan fingerprint density at radius 3 is 2.82 bits per heavy atom. The molecular formula is C12H17N3O2. The number of rotatable bonds is 4. The number of hydrogen-bond acceptors (Lipinski definition) is 4. The van der Waals surface area contributed by atoms with Crippen LogP contribution < -0.4 is 10.9 Å². The van der Waals surface area contributed by atoms with Crippen LogP contribution in [0.5, 0.6) is 0 Å². The lowest BCUT2D eigenvalue weighted by Crippen LogP contribution is -2.37. The molecule has 1 heterocycles. The summed E-state index contributed by atoms with van der Waals surface area (Å²) < 4.78 is 0. The molecule has 1 fully saturated rings. The molecule has 0 saturated heterocycles. The van der Waals surface area contributed by atoms with E-state index in [9.17, 15) is 9.90 Å². The van der Waals surface area contributed by atoms with Crippen LogP contribution in [0.2, 0.25) is 0 Å². The molecule has 17 heavy (non-hydrogen) atoms. The van der Waals surface area contributed by atoms with Gasteiger partial charge in [-0.1, -0.05) is 18.9 Å². The minimum atomic E-state index is -0.810. The standard InChI is InChI=1S/C12H17N3O2/c16-11(9-12(17)6-2-3-7-12)15-14-10-5-1-4-8-13-10/h1,4-5,8,17H,2-3,6-7,9H2,(H,13,14)(H,15,16). The smallest absolute Gasteiger partial charge is 0.241 e. The number of nitrogens with zero attached hydrogens (tertiary/aromatic N) is 1. The maximum absolute atomic E-state index is 11.6. The first-order chi connectivity index (χ1) is 8.18. The van der Waals surface area contributed by atoms with Gasteiger partial charge in [0.25, 0.3) is 0 Å². The Morgan fingerprint density at radius 2 is 2.18 bits per heavy atom. The van der Waals surface area contributed by atoms with Gasteiger partial charge >= 0.3 is 0 Å². The number of carbonyl (C=O) groups excluding carboxylic acids is 1. The SMILES string of the molecule is O=C(CC1(O)CCCC1)NNc1ccccn1. The van der Waals surface area contributed by atoms with Crippen LogP contribution >= 0.6 is 0 Å². The first kappa shape index (κ1) is 11.9. The summed E-state index contributed by atoms with van der Waals surface area (Å²) >= 11 is 0. The number of hydrazine groups is 1. The van der Waals surface area contributed by atoms with Crippen molar-refractivity contribution in [2.75, 3.05) is 5.43 Å². The van der Waals surface area contributed by atoms with Crippen molar-refractivity contribution in [2.45, 2.75) is 37.7 Å². The first-order valence-electron chi connectivity index (χ1n) is 5.86. The fourth-order valence-electron chi connectivity index (χ4n) is 2.12. The van der Waals surface area contributed by atoms with Gasteiger partial charge in [-0.2, -0.15) is 0 Å². The van der Waals surface area contributed by atoms with E-state index in [1.54, 1.807) is 18.3 Å². The van der Waals surface area contributed by atoms with Crippen molar-refractivity contribution in [3.05, 3.63) is 24.4 Å². The highest BCUT2D eigenvalue weighted by Gasteiger charge is 2.33. The van der Waals surface area contributed by atoms with E-state index < -0.39 is 5.60 Å². The van der Waals surface area contributed by atoms with Crippen LogP contribution in [-0.4, -0.2) is 21.6 Å². The molecule has 5 heteroatoms. The monoisotopic (exact) mass is 235 g/mol. The van der Waals surface area contributed by atoms with Gasteiger partial charge in [0.1, 0.15) is 5.82 Å². The van der Waals surface area contributed by atoms with Crippen molar-refractivity contribution in [1.82, 2.24) is 10.4 Å². The minimum Gasteiger partial charge on any atom is -0.389 e. The molecule has 1 aromatic heterocycles. The topological polar surface area (TPSA) is 74.2 Å². The third-order valence-electron chi connectivity index (χ3n) is 3.02. The third-order valence-corrected chi connectivity index (χ3v) is 3.02. The fourth-order valence-corrected chi connectivity index (χ4v) is 2.12. The minimum absolute atomic E-state index is 0.146. The number of anilines is 1. The molecule has 0 spiro atoms. The summed E-state index contributed by atoms with van der Waals surface area (Å²) in [5, 5.41) is 10.1. The Balaban J connectivity index is 1.78. The van der Waals surface area contributed by atoms with E-state index in [1.807, 2.05) is 6.07 Å². The Bertz CT molecular complexity index is 375. The second-order valence-electron chi connectivity index (χ2n) is 4.50. The molecule has 1 aromatic rings. The maximum atomic E-state index is 11.6. The van der Waals surface area contributed by atoms with Gasteiger partial charge in [-0.25, -0.2) is 4.98 Å². The van der Waals surface area contributed by atoms with E-state index >= 15 is 0 Å². The summed E-state index contributed by atoms with van der Waals surface area (Å²) in [6.45, 7) is 0. The van der Waals surface area contributed by atoms with Crippen molar-refractivity contribution in [3.63, 3.8) is 0 Å². The normalized spacial score (nSPS) is 17.7. The van der Waals surface area contributed by atoms with Crippen molar-refractivity contribution in [1.29, 1.82) is 0 Å². The average Bonchev–Trinajstić information content (AvgIpc) is 2.74. The quantitative estimate of drug-likeness (QED) is 0.686. The zero-order valence-electron chi connectivity index (χ0n) is 9.65. The predicted molar refractivity (Wildman–Crippen MR) is 64.0 cm³/mol. The zero-order valence-corrected chi connectivity index (χ0v) is 9.65. The molecule has 0 unspecified atom stereocenters. The number of hydrogen-bond donors (Lipinski definition) is 3. The van der Waals surface area contributed by atoms with Gasteiger partial charge in [0.05, 0.1) is 12.0 Å². The molecule has 1 aliphatic rings. The van der Waals surface area contributed by atoms with Crippen LogP contribution in [0.25, 0.3) is 0 Å². The highest BCUT2D eigenvalue weighted by Crippen LogP contribution is 2.32. The Labute approximate surface area is 100 Å². The molecule has 1 saturated carbocycles. The predicted octanol–water partition coefficient (Wildman–Crippen LogP) is 1.22. The van der Waals surface area contributed by atoms with Crippen LogP contribution in [-0.2, 0) is 4.79 Å². The molecule has 1 aliphatic carbocycles. The third kappa shape index (κ3) is 3.42. The van der Waals surface area contributed by atoms with E-state index in [0.29, 0.717) is 18.7 Å². The summed E-state index contributed by atoms with van der Waals surface area (Å²) in [4.78, 5) is 15.6.